The number of aromatic hydroxyl groups is 1. The molecule has 4 heterocycles. The first-order chi connectivity index (χ1) is 23.3. The molecule has 0 saturated carbocycles. The number of rotatable bonds is 7. The molecule has 14 nitrogen and oxygen atoms in total. The lowest BCUT2D eigenvalue weighted by molar-refractivity contribution is 0.0686. The first-order valence-corrected chi connectivity index (χ1v) is 14.8. The van der Waals surface area contributed by atoms with Gasteiger partial charge in [-0.3, -0.25) is 23.5 Å². The maximum Gasteiger partial charge on any atom is 0.335 e. The Hall–Kier alpha value is -6.83. The Balaban J connectivity index is 1.31. The predicted molar refractivity (Wildman–Crippen MR) is 179 cm³/mol. The van der Waals surface area contributed by atoms with Crippen molar-refractivity contribution in [3.05, 3.63) is 132 Å². The number of nitrogens with zero attached hydrogens (tertiary/aromatic N) is 6. The number of hydrogen-bond acceptors (Lipinski definition) is 8. The molecule has 0 radical (unpaired) electrons. The van der Waals surface area contributed by atoms with Crippen molar-refractivity contribution in [2.24, 2.45) is 19.2 Å². The van der Waals surface area contributed by atoms with E-state index in [9.17, 15) is 39.3 Å². The Labute approximate surface area is 276 Å². The van der Waals surface area contributed by atoms with Gasteiger partial charge >= 0.3 is 11.9 Å². The van der Waals surface area contributed by atoms with Crippen molar-refractivity contribution < 1.29 is 29.7 Å². The summed E-state index contributed by atoms with van der Waals surface area (Å²) >= 11 is 0. The van der Waals surface area contributed by atoms with E-state index in [2.05, 4.69) is 10.2 Å². The topological polar surface area (TPSA) is 189 Å². The van der Waals surface area contributed by atoms with Gasteiger partial charge in [0.2, 0.25) is 0 Å². The summed E-state index contributed by atoms with van der Waals surface area (Å²) in [6.07, 6.45) is 8.03. The molecule has 1 amide bonds. The molecule has 0 bridgehead atoms. The van der Waals surface area contributed by atoms with Gasteiger partial charge in [0.15, 0.2) is 17.2 Å². The maximum absolute atomic E-state index is 13.4. The molecule has 2 aromatic carbocycles. The van der Waals surface area contributed by atoms with Gasteiger partial charge in [0.25, 0.3) is 17.0 Å². The molecule has 246 valence electrons. The van der Waals surface area contributed by atoms with Crippen LogP contribution < -0.4 is 26.8 Å². The zero-order valence-electron chi connectivity index (χ0n) is 26.6. The Morgan fingerprint density at radius 3 is 1.92 bits per heavy atom. The third kappa shape index (κ3) is 5.30. The van der Waals surface area contributed by atoms with Gasteiger partial charge in [0.1, 0.15) is 0 Å². The van der Waals surface area contributed by atoms with Crippen molar-refractivity contribution >= 4 is 35.7 Å². The summed E-state index contributed by atoms with van der Waals surface area (Å²) in [4.78, 5) is 62.5. The molecule has 49 heavy (non-hydrogen) atoms. The molecule has 6 rings (SSSR count). The molecular formula is C35H28N6O8. The van der Waals surface area contributed by atoms with Crippen LogP contribution in [0.25, 0.3) is 29.2 Å². The molecule has 0 aliphatic carbocycles. The molecule has 0 saturated heterocycles. The average Bonchev–Trinajstić information content (AvgIpc) is 3.62. The van der Waals surface area contributed by atoms with E-state index < -0.39 is 23.4 Å². The maximum atomic E-state index is 13.4. The van der Waals surface area contributed by atoms with Crippen molar-refractivity contribution in [1.29, 1.82) is 0 Å². The molecule has 0 fully saturated rings. The summed E-state index contributed by atoms with van der Waals surface area (Å²) in [6, 6.07) is 11.4. The quantitative estimate of drug-likeness (QED) is 0.220. The lowest BCUT2D eigenvalue weighted by Crippen LogP contribution is -2.44. The molecule has 3 aromatic rings. The summed E-state index contributed by atoms with van der Waals surface area (Å²) in [5, 5.41) is 39.5. The Kier molecular flexibility index (Phi) is 7.92. The molecule has 0 atom stereocenters. The van der Waals surface area contributed by atoms with Crippen LogP contribution in [0.15, 0.2) is 81.4 Å². The number of pyridine rings is 2. The van der Waals surface area contributed by atoms with Gasteiger partial charge in [-0.15, -0.1) is 10.2 Å². The van der Waals surface area contributed by atoms with Crippen LogP contribution in [-0.4, -0.2) is 52.1 Å². The van der Waals surface area contributed by atoms with Crippen molar-refractivity contribution in [2.75, 3.05) is 5.01 Å². The largest absolute Gasteiger partial charge is 0.494 e. The van der Waals surface area contributed by atoms with Crippen molar-refractivity contribution in [3.8, 4) is 23.0 Å². The average molecular weight is 661 g/mol. The number of hydrogen-bond donors (Lipinski definition) is 3. The lowest BCUT2D eigenvalue weighted by Gasteiger charge is -2.13. The zero-order valence-corrected chi connectivity index (χ0v) is 26.6. The number of aromatic nitrogens is 4. The van der Waals surface area contributed by atoms with E-state index in [0.717, 1.165) is 9.69 Å². The van der Waals surface area contributed by atoms with Gasteiger partial charge in [-0.05, 0) is 85.7 Å². The number of benzene rings is 2. The van der Waals surface area contributed by atoms with Crippen LogP contribution in [-0.2, 0) is 14.1 Å². The van der Waals surface area contributed by atoms with Crippen LogP contribution in [0, 0.1) is 13.8 Å². The number of carbonyl (C=O) groups is 3. The van der Waals surface area contributed by atoms with Crippen molar-refractivity contribution in [1.82, 2.24) is 18.9 Å². The fourth-order valence-corrected chi connectivity index (χ4v) is 5.67. The molecule has 3 N–H and O–H groups in total. The minimum Gasteiger partial charge on any atom is -0.494 e. The molecule has 0 unspecified atom stereocenters. The van der Waals surface area contributed by atoms with Crippen LogP contribution in [0.4, 0.5) is 5.69 Å². The van der Waals surface area contributed by atoms with E-state index in [1.165, 1.54) is 64.7 Å². The van der Waals surface area contributed by atoms with Gasteiger partial charge in [-0.2, -0.15) is 9.69 Å². The number of carboxylic acids is 2. The van der Waals surface area contributed by atoms with Gasteiger partial charge in [-0.1, -0.05) is 18.2 Å². The van der Waals surface area contributed by atoms with Gasteiger partial charge in [-0.25, -0.2) is 9.59 Å². The van der Waals surface area contributed by atoms with Crippen LogP contribution in [0.1, 0.15) is 47.8 Å². The number of allylic oxidation sites excluding steroid dienone is 3. The summed E-state index contributed by atoms with van der Waals surface area (Å²) < 4.78 is 3.81. The number of fused-ring (bicyclic) bond motifs is 2. The van der Waals surface area contributed by atoms with E-state index in [4.69, 9.17) is 0 Å². The number of carboxylic acid groups (broad SMARTS) is 2. The Morgan fingerprint density at radius 1 is 0.735 bits per heavy atom. The smallest absolute Gasteiger partial charge is 0.335 e. The molecule has 1 aromatic heterocycles. The second-order valence-corrected chi connectivity index (χ2v) is 11.3. The molecular weight excluding hydrogens is 632 g/mol. The first-order valence-electron chi connectivity index (χ1n) is 14.8. The number of carbonyl (C=O) groups excluding carboxylic acids is 1. The van der Waals surface area contributed by atoms with Crippen LogP contribution in [0.5, 0.6) is 5.88 Å². The minimum absolute atomic E-state index is 0.0577. The fraction of sp³-hybridized carbons (Fsp3) is 0.114. The predicted octanol–water partition coefficient (Wildman–Crippen LogP) is 2.34. The van der Waals surface area contributed by atoms with Gasteiger partial charge in [0.05, 0.1) is 33.6 Å². The summed E-state index contributed by atoms with van der Waals surface area (Å²) in [5.41, 5.74) is 1.99. The van der Waals surface area contributed by atoms with Gasteiger partial charge < -0.3 is 15.3 Å². The number of anilines is 1. The molecule has 3 aliphatic rings. The van der Waals surface area contributed by atoms with Crippen molar-refractivity contribution in [3.63, 3.8) is 0 Å². The third-order valence-electron chi connectivity index (χ3n) is 8.40. The Morgan fingerprint density at radius 2 is 1.33 bits per heavy atom. The summed E-state index contributed by atoms with van der Waals surface area (Å²) in [6.45, 7) is 3.33. The Bertz CT molecular complexity index is 2500. The van der Waals surface area contributed by atoms with E-state index in [0.29, 0.717) is 28.1 Å². The zero-order chi connectivity index (χ0) is 35.3. The third-order valence-corrected chi connectivity index (χ3v) is 8.40. The molecule has 14 heteroatoms. The van der Waals surface area contributed by atoms with E-state index >= 15 is 0 Å². The minimum atomic E-state index is -1.10. The van der Waals surface area contributed by atoms with E-state index in [1.54, 1.807) is 51.3 Å². The van der Waals surface area contributed by atoms with E-state index in [-0.39, 0.29) is 50.2 Å². The van der Waals surface area contributed by atoms with Crippen LogP contribution >= 0.6 is 0 Å². The molecule has 3 aliphatic heterocycles. The normalized spacial score (nSPS) is 13.2. The second-order valence-electron chi connectivity index (χ2n) is 11.3. The summed E-state index contributed by atoms with van der Waals surface area (Å²) in [7, 11) is 3.07. The number of amides is 1. The highest BCUT2D eigenvalue weighted by atomic mass is 16.4. The number of aromatic carboxylic acids is 2. The lowest BCUT2D eigenvalue weighted by atomic mass is 10.0. The van der Waals surface area contributed by atoms with Crippen LogP contribution in [0.3, 0.4) is 0 Å². The highest BCUT2D eigenvalue weighted by molar-refractivity contribution is 6.08. The highest BCUT2D eigenvalue weighted by Gasteiger charge is 2.30. The van der Waals surface area contributed by atoms with Crippen LogP contribution in [0.2, 0.25) is 0 Å². The SMILES string of the molecule is Cc1c(C=CC=C/C=c2/c(C)c3c(n(C)c2=O)=NN(c2ccc(C(=O)O)cc2)C3=O)c(O)n(C)c2nn(-c3ccc(C(=O)O)cc3)c(=O)c1-2. The monoisotopic (exact) mass is 660 g/mol. The first kappa shape index (κ1) is 32.1. The van der Waals surface area contributed by atoms with Gasteiger partial charge in [0, 0.05) is 24.9 Å². The highest BCUT2D eigenvalue weighted by Crippen LogP contribution is 2.32. The van der Waals surface area contributed by atoms with Crippen molar-refractivity contribution in [2.45, 2.75) is 13.8 Å². The summed E-state index contributed by atoms with van der Waals surface area (Å²) in [5.74, 6) is -2.56. The molecule has 0 spiro atoms. The fourth-order valence-electron chi connectivity index (χ4n) is 5.67. The second kappa shape index (κ2) is 12.1. The standard InChI is InChI=1S/C35H28N6O8/c1-18-24(30(42)38(3)28-26(18)32(44)40(36-28)22-14-10-20(11-15-22)34(46)47)8-6-5-7-9-25-19(2)27-29(39(4)31(25)43)37-41(33(27)45)23-16-12-21(13-17-23)35(48)49/h5-17,42H,1-4H3,(H,46,47)(H,48,49)/b7-5?,8-6?,25-9-. The van der Waals surface area contributed by atoms with E-state index in [1.807, 2.05) is 0 Å².